The van der Waals surface area contributed by atoms with E-state index in [2.05, 4.69) is 0 Å². The highest BCUT2D eigenvalue weighted by atomic mass is 16.7. The van der Waals surface area contributed by atoms with Crippen LogP contribution < -0.4 is 5.73 Å². The Morgan fingerprint density at radius 2 is 1.70 bits per heavy atom. The molecule has 3 N–H and O–H groups in total. The average Bonchev–Trinajstić information content (AvgIpc) is 2.68. The molecule has 2 aliphatic rings. The largest absolute Gasteiger partial charge is 0.389 e. The van der Waals surface area contributed by atoms with Gasteiger partial charge in [0.05, 0.1) is 18.8 Å². The van der Waals surface area contributed by atoms with E-state index in [1.54, 1.807) is 49.4 Å². The zero-order valence-corrected chi connectivity index (χ0v) is 14.9. The third-order valence-corrected chi connectivity index (χ3v) is 5.18. The Balaban J connectivity index is 1.52. The summed E-state index contributed by atoms with van der Waals surface area (Å²) in [5.41, 5.74) is 8.35. The number of ketones is 2. The van der Waals surface area contributed by atoms with Crippen molar-refractivity contribution < 1.29 is 24.2 Å². The molecule has 6 nitrogen and oxygen atoms in total. The van der Waals surface area contributed by atoms with Gasteiger partial charge in [-0.05, 0) is 24.6 Å². The van der Waals surface area contributed by atoms with E-state index < -0.39 is 24.5 Å². The lowest BCUT2D eigenvalue weighted by atomic mass is 9.83. The second-order valence-electron chi connectivity index (χ2n) is 7.06. The summed E-state index contributed by atoms with van der Waals surface area (Å²) in [5, 5.41) is 9.84. The Morgan fingerprint density at radius 3 is 2.37 bits per heavy atom. The van der Waals surface area contributed by atoms with Gasteiger partial charge in [0.2, 0.25) is 0 Å². The minimum absolute atomic E-state index is 0.142. The number of hydrogen-bond acceptors (Lipinski definition) is 6. The summed E-state index contributed by atoms with van der Waals surface area (Å²) in [7, 11) is 0. The van der Waals surface area contributed by atoms with Crippen molar-refractivity contribution in [2.75, 3.05) is 0 Å². The first kappa shape index (κ1) is 18.0. The summed E-state index contributed by atoms with van der Waals surface area (Å²) in [6.07, 6.45) is -1.25. The number of rotatable bonds is 3. The van der Waals surface area contributed by atoms with Crippen LogP contribution in [0.3, 0.4) is 0 Å². The molecule has 1 unspecified atom stereocenters. The highest BCUT2D eigenvalue weighted by molar-refractivity contribution is 6.28. The van der Waals surface area contributed by atoms with E-state index >= 15 is 0 Å². The number of aliphatic hydroxyl groups excluding tert-OH is 1. The van der Waals surface area contributed by atoms with Crippen LogP contribution in [0.5, 0.6) is 0 Å². The molecule has 0 aromatic heterocycles. The zero-order valence-electron chi connectivity index (χ0n) is 14.9. The molecule has 1 aliphatic heterocycles. The van der Waals surface area contributed by atoms with Crippen LogP contribution in [0.2, 0.25) is 0 Å². The molecule has 1 fully saturated rings. The lowest BCUT2D eigenvalue weighted by Gasteiger charge is -2.35. The summed E-state index contributed by atoms with van der Waals surface area (Å²) < 4.78 is 11.4. The van der Waals surface area contributed by atoms with Gasteiger partial charge in [-0.25, -0.2) is 0 Å². The summed E-state index contributed by atoms with van der Waals surface area (Å²) in [6, 6.07) is 11.6. The molecule has 6 heteroatoms. The van der Waals surface area contributed by atoms with E-state index in [1.165, 1.54) is 0 Å². The number of hydrogen-bond donors (Lipinski definition) is 2. The minimum atomic E-state index is -0.711. The topological polar surface area (TPSA) is 98.9 Å². The van der Waals surface area contributed by atoms with E-state index in [-0.39, 0.29) is 18.2 Å². The Kier molecular flexibility index (Phi) is 4.65. The van der Waals surface area contributed by atoms with Gasteiger partial charge in [-0.1, -0.05) is 30.3 Å². The third kappa shape index (κ3) is 3.21. The fourth-order valence-corrected chi connectivity index (χ4v) is 3.62. The number of ether oxygens (including phenoxy) is 2. The van der Waals surface area contributed by atoms with Crippen LogP contribution in [-0.2, 0) is 16.1 Å². The highest BCUT2D eigenvalue weighted by Gasteiger charge is 2.34. The molecule has 1 aliphatic carbocycles. The fourth-order valence-electron chi connectivity index (χ4n) is 3.62. The van der Waals surface area contributed by atoms with E-state index in [1.807, 2.05) is 0 Å². The van der Waals surface area contributed by atoms with Crippen molar-refractivity contribution in [1.82, 2.24) is 0 Å². The van der Waals surface area contributed by atoms with Crippen LogP contribution in [-0.4, -0.2) is 41.2 Å². The molecule has 0 saturated carbocycles. The van der Waals surface area contributed by atoms with Crippen LogP contribution in [0.4, 0.5) is 0 Å². The van der Waals surface area contributed by atoms with Crippen molar-refractivity contribution in [3.05, 3.63) is 70.3 Å². The highest BCUT2D eigenvalue weighted by Crippen LogP contribution is 2.28. The molecular formula is C21H21NO5. The van der Waals surface area contributed by atoms with Gasteiger partial charge < -0.3 is 20.3 Å². The van der Waals surface area contributed by atoms with Gasteiger partial charge >= 0.3 is 0 Å². The zero-order chi connectivity index (χ0) is 19.1. The Morgan fingerprint density at radius 1 is 1.07 bits per heavy atom. The predicted molar refractivity (Wildman–Crippen MR) is 97.5 cm³/mol. The summed E-state index contributed by atoms with van der Waals surface area (Å²) in [4.78, 5) is 25.4. The van der Waals surface area contributed by atoms with E-state index in [0.29, 0.717) is 28.7 Å². The molecule has 0 radical (unpaired) electrons. The van der Waals surface area contributed by atoms with Gasteiger partial charge in [0.15, 0.2) is 17.9 Å². The molecule has 0 bridgehead atoms. The van der Waals surface area contributed by atoms with E-state index in [4.69, 9.17) is 15.2 Å². The molecule has 4 rings (SSSR count). The number of nitrogens with two attached hydrogens (primary N) is 1. The average molecular weight is 367 g/mol. The molecule has 4 atom stereocenters. The molecule has 2 aromatic carbocycles. The quantitative estimate of drug-likeness (QED) is 0.732. The molecule has 0 amide bonds. The normalized spacial score (nSPS) is 27.2. The first-order chi connectivity index (χ1) is 13.0. The SMILES string of the molecule is C[C@H]1OC(OCc2ccc3c(c2)C(=O)c2ccccc2C3=O)C[C@@H](N)[C@@H]1O. The molecule has 27 heavy (non-hydrogen) atoms. The summed E-state index contributed by atoms with van der Waals surface area (Å²) in [5.74, 6) is -0.299. The molecule has 140 valence electrons. The number of aliphatic hydroxyl groups is 1. The maximum atomic E-state index is 12.8. The van der Waals surface area contributed by atoms with Gasteiger partial charge in [-0.15, -0.1) is 0 Å². The van der Waals surface area contributed by atoms with Crippen LogP contribution in [0, 0.1) is 0 Å². The molecule has 2 aromatic rings. The van der Waals surface area contributed by atoms with E-state index in [9.17, 15) is 14.7 Å². The predicted octanol–water partition coefficient (Wildman–Crippen LogP) is 1.80. The molecule has 1 saturated heterocycles. The van der Waals surface area contributed by atoms with Gasteiger partial charge in [0.25, 0.3) is 0 Å². The second kappa shape index (κ2) is 6.98. The van der Waals surface area contributed by atoms with Crippen molar-refractivity contribution in [3.63, 3.8) is 0 Å². The Hall–Kier alpha value is -2.38. The van der Waals surface area contributed by atoms with Crippen molar-refractivity contribution in [2.45, 2.75) is 44.5 Å². The molecule has 0 spiro atoms. The van der Waals surface area contributed by atoms with Gasteiger partial charge in [-0.3, -0.25) is 9.59 Å². The second-order valence-corrected chi connectivity index (χ2v) is 7.06. The maximum absolute atomic E-state index is 12.8. The van der Waals surface area contributed by atoms with Crippen LogP contribution in [0.25, 0.3) is 0 Å². The van der Waals surface area contributed by atoms with Crippen molar-refractivity contribution in [1.29, 1.82) is 0 Å². The van der Waals surface area contributed by atoms with Gasteiger partial charge in [-0.2, -0.15) is 0 Å². The Labute approximate surface area is 156 Å². The fraction of sp³-hybridized carbons (Fsp3) is 0.333. The van der Waals surface area contributed by atoms with Crippen molar-refractivity contribution in [2.24, 2.45) is 5.73 Å². The number of fused-ring (bicyclic) bond motifs is 2. The van der Waals surface area contributed by atoms with Gasteiger partial charge in [0.1, 0.15) is 0 Å². The summed E-state index contributed by atoms with van der Waals surface area (Å²) in [6.45, 7) is 1.97. The Bertz CT molecular complexity index is 897. The minimum Gasteiger partial charge on any atom is -0.389 e. The van der Waals surface area contributed by atoms with E-state index in [0.717, 1.165) is 5.56 Å². The molecule has 1 heterocycles. The van der Waals surface area contributed by atoms with Crippen LogP contribution in [0.15, 0.2) is 42.5 Å². The first-order valence-corrected chi connectivity index (χ1v) is 8.98. The number of carbonyl (C=O) groups is 2. The maximum Gasteiger partial charge on any atom is 0.194 e. The molecular weight excluding hydrogens is 346 g/mol. The van der Waals surface area contributed by atoms with Crippen molar-refractivity contribution in [3.8, 4) is 0 Å². The monoisotopic (exact) mass is 367 g/mol. The van der Waals surface area contributed by atoms with Gasteiger partial charge in [0, 0.05) is 34.7 Å². The smallest absolute Gasteiger partial charge is 0.194 e. The van der Waals surface area contributed by atoms with Crippen molar-refractivity contribution >= 4 is 11.6 Å². The lowest BCUT2D eigenvalue weighted by Crippen LogP contribution is -2.51. The van der Waals surface area contributed by atoms with Crippen LogP contribution >= 0.6 is 0 Å². The number of carbonyl (C=O) groups excluding carboxylic acids is 2. The number of benzene rings is 2. The van der Waals surface area contributed by atoms with Crippen LogP contribution in [0.1, 0.15) is 50.8 Å². The standard InChI is InChI=1S/C21H21NO5/c1-11-19(23)17(22)9-18(27-11)26-10-12-6-7-15-16(8-12)21(25)14-5-3-2-4-13(14)20(15)24/h2-8,11,17-19,23H,9-10,22H2,1H3/t11-,17-,18?,19-/m1/s1. The third-order valence-electron chi connectivity index (χ3n) is 5.18. The summed E-state index contributed by atoms with van der Waals surface area (Å²) >= 11 is 0. The lowest BCUT2D eigenvalue weighted by molar-refractivity contribution is -0.226. The first-order valence-electron chi connectivity index (χ1n) is 8.98.